The highest BCUT2D eigenvalue weighted by Crippen LogP contribution is 2.29. The van der Waals surface area contributed by atoms with Crippen LogP contribution in [0.5, 0.6) is 5.88 Å². The van der Waals surface area contributed by atoms with Crippen molar-refractivity contribution < 1.29 is 4.74 Å². The average Bonchev–Trinajstić information content (AvgIpc) is 2.42. The average molecular weight is 328 g/mol. The van der Waals surface area contributed by atoms with Gasteiger partial charge >= 0.3 is 0 Å². The smallest absolute Gasteiger partial charge is 0.221 e. The second kappa shape index (κ2) is 7.08. The van der Waals surface area contributed by atoms with Gasteiger partial charge in [-0.15, -0.1) is 0 Å². The summed E-state index contributed by atoms with van der Waals surface area (Å²) in [4.78, 5) is 11.1. The predicted molar refractivity (Wildman–Crippen MR) is 81.3 cm³/mol. The highest BCUT2D eigenvalue weighted by atomic mass is 79.9. The molecular weight excluding hydrogens is 306 g/mol. The van der Waals surface area contributed by atoms with Crippen LogP contribution in [0.15, 0.2) is 6.33 Å². The lowest BCUT2D eigenvalue weighted by molar-refractivity contribution is 0.323. The van der Waals surface area contributed by atoms with E-state index in [1.807, 2.05) is 6.92 Å². The van der Waals surface area contributed by atoms with E-state index >= 15 is 0 Å². The Bertz CT molecular complexity index is 412. The molecule has 1 saturated heterocycles. The Morgan fingerprint density at radius 2 is 2.32 bits per heavy atom. The Kier molecular flexibility index (Phi) is 5.43. The first kappa shape index (κ1) is 14.6. The first-order valence-electron chi connectivity index (χ1n) is 7.01. The van der Waals surface area contributed by atoms with E-state index < -0.39 is 0 Å². The zero-order valence-electron chi connectivity index (χ0n) is 11.7. The number of anilines is 1. The number of alkyl halides is 1. The molecule has 1 aliphatic heterocycles. The number of nitrogens with zero attached hydrogens (tertiary/aromatic N) is 3. The first-order chi connectivity index (χ1) is 9.26. The summed E-state index contributed by atoms with van der Waals surface area (Å²) in [5, 5.41) is 1.08. The van der Waals surface area contributed by atoms with Gasteiger partial charge in [0.15, 0.2) is 0 Å². The van der Waals surface area contributed by atoms with Crippen molar-refractivity contribution in [2.75, 3.05) is 29.9 Å². The van der Waals surface area contributed by atoms with Crippen molar-refractivity contribution in [3.8, 4) is 5.88 Å². The fourth-order valence-corrected chi connectivity index (χ4v) is 3.32. The molecule has 4 nitrogen and oxygen atoms in total. The van der Waals surface area contributed by atoms with Crippen molar-refractivity contribution >= 4 is 21.7 Å². The van der Waals surface area contributed by atoms with Gasteiger partial charge in [0.2, 0.25) is 5.88 Å². The number of piperidine rings is 1. The molecule has 1 unspecified atom stereocenters. The SMILES string of the molecule is CCOc1ncnc(N2CCCC(CCBr)C2)c1C. The van der Waals surface area contributed by atoms with Crippen molar-refractivity contribution in [1.82, 2.24) is 9.97 Å². The molecule has 1 aliphatic rings. The second-order valence-electron chi connectivity index (χ2n) is 4.99. The molecule has 0 saturated carbocycles. The summed E-state index contributed by atoms with van der Waals surface area (Å²) >= 11 is 3.54. The fourth-order valence-electron chi connectivity index (χ4n) is 2.67. The van der Waals surface area contributed by atoms with E-state index in [0.717, 1.165) is 41.6 Å². The normalized spacial score (nSPS) is 19.5. The highest BCUT2D eigenvalue weighted by molar-refractivity contribution is 9.09. The van der Waals surface area contributed by atoms with Crippen molar-refractivity contribution in [2.24, 2.45) is 5.92 Å². The predicted octanol–water partition coefficient (Wildman–Crippen LogP) is 3.19. The molecule has 5 heteroatoms. The van der Waals surface area contributed by atoms with Gasteiger partial charge in [-0.2, -0.15) is 0 Å². The second-order valence-corrected chi connectivity index (χ2v) is 5.79. The van der Waals surface area contributed by atoms with E-state index in [1.165, 1.54) is 19.3 Å². The Morgan fingerprint density at radius 3 is 3.05 bits per heavy atom. The van der Waals surface area contributed by atoms with Gasteiger partial charge in [0.25, 0.3) is 0 Å². The van der Waals surface area contributed by atoms with Crippen LogP contribution in [0, 0.1) is 12.8 Å². The maximum absolute atomic E-state index is 5.56. The van der Waals surface area contributed by atoms with Gasteiger partial charge in [0.05, 0.1) is 12.2 Å². The molecule has 0 spiro atoms. The maximum Gasteiger partial charge on any atom is 0.221 e. The molecule has 2 rings (SSSR count). The summed E-state index contributed by atoms with van der Waals surface area (Å²) in [6, 6.07) is 0. The number of hydrogen-bond acceptors (Lipinski definition) is 4. The monoisotopic (exact) mass is 327 g/mol. The molecule has 0 aromatic carbocycles. The van der Waals surface area contributed by atoms with Crippen LogP contribution in [-0.2, 0) is 0 Å². The lowest BCUT2D eigenvalue weighted by Crippen LogP contribution is -2.36. The number of halogens is 1. The number of rotatable bonds is 5. The maximum atomic E-state index is 5.56. The Morgan fingerprint density at radius 1 is 1.47 bits per heavy atom. The van der Waals surface area contributed by atoms with Gasteiger partial charge in [-0.1, -0.05) is 15.9 Å². The minimum Gasteiger partial charge on any atom is -0.478 e. The van der Waals surface area contributed by atoms with Gasteiger partial charge < -0.3 is 9.64 Å². The van der Waals surface area contributed by atoms with E-state index in [4.69, 9.17) is 4.74 Å². The molecule has 1 aromatic rings. The molecule has 0 aliphatic carbocycles. The molecular formula is C14H22BrN3O. The van der Waals surface area contributed by atoms with Gasteiger partial charge in [-0.05, 0) is 39.0 Å². The van der Waals surface area contributed by atoms with Crippen LogP contribution in [0.25, 0.3) is 0 Å². The summed E-state index contributed by atoms with van der Waals surface area (Å²) < 4.78 is 5.56. The molecule has 2 heterocycles. The third-order valence-corrected chi connectivity index (χ3v) is 4.09. The molecule has 106 valence electrons. The number of aromatic nitrogens is 2. The first-order valence-corrected chi connectivity index (χ1v) is 8.13. The van der Waals surface area contributed by atoms with Crippen LogP contribution in [0.4, 0.5) is 5.82 Å². The van der Waals surface area contributed by atoms with E-state index in [9.17, 15) is 0 Å². The van der Waals surface area contributed by atoms with Crippen LogP contribution in [0.3, 0.4) is 0 Å². The zero-order valence-corrected chi connectivity index (χ0v) is 13.3. The molecule has 1 atom stereocenters. The van der Waals surface area contributed by atoms with E-state index in [0.29, 0.717) is 6.61 Å². The van der Waals surface area contributed by atoms with Gasteiger partial charge in [0.1, 0.15) is 12.1 Å². The zero-order chi connectivity index (χ0) is 13.7. The summed E-state index contributed by atoms with van der Waals surface area (Å²) in [6.07, 6.45) is 5.41. The molecule has 0 amide bonds. The molecule has 1 aromatic heterocycles. The van der Waals surface area contributed by atoms with E-state index in [2.05, 4.69) is 37.7 Å². The molecule has 1 fully saturated rings. The highest BCUT2D eigenvalue weighted by Gasteiger charge is 2.22. The molecule has 0 bridgehead atoms. The van der Waals surface area contributed by atoms with Crippen molar-refractivity contribution in [3.63, 3.8) is 0 Å². The van der Waals surface area contributed by atoms with Crippen molar-refractivity contribution in [2.45, 2.75) is 33.1 Å². The lowest BCUT2D eigenvalue weighted by atomic mass is 9.95. The van der Waals surface area contributed by atoms with E-state index in [-0.39, 0.29) is 0 Å². The third kappa shape index (κ3) is 3.59. The third-order valence-electron chi connectivity index (χ3n) is 3.63. The van der Waals surface area contributed by atoms with Gasteiger partial charge in [-0.25, -0.2) is 9.97 Å². The molecule has 0 radical (unpaired) electrons. The topological polar surface area (TPSA) is 38.3 Å². The van der Waals surface area contributed by atoms with Crippen LogP contribution in [0.1, 0.15) is 31.7 Å². The summed E-state index contributed by atoms with van der Waals surface area (Å²) in [5.41, 5.74) is 1.06. The van der Waals surface area contributed by atoms with Crippen molar-refractivity contribution in [1.29, 1.82) is 0 Å². The van der Waals surface area contributed by atoms with Crippen LogP contribution < -0.4 is 9.64 Å². The van der Waals surface area contributed by atoms with Gasteiger partial charge in [-0.3, -0.25) is 0 Å². The van der Waals surface area contributed by atoms with Crippen LogP contribution in [0.2, 0.25) is 0 Å². The van der Waals surface area contributed by atoms with Crippen LogP contribution in [-0.4, -0.2) is 35.0 Å². The van der Waals surface area contributed by atoms with Crippen molar-refractivity contribution in [3.05, 3.63) is 11.9 Å². The summed E-state index contributed by atoms with van der Waals surface area (Å²) in [5.74, 6) is 2.52. The molecule has 0 N–H and O–H groups in total. The van der Waals surface area contributed by atoms with Gasteiger partial charge in [0, 0.05) is 18.4 Å². The minimum absolute atomic E-state index is 0.642. The Hall–Kier alpha value is -0.840. The number of hydrogen-bond donors (Lipinski definition) is 0. The number of ether oxygens (including phenoxy) is 1. The standard InChI is InChI=1S/C14H22BrN3O/c1-3-19-14-11(2)13(16-10-17-14)18-8-4-5-12(9-18)6-7-15/h10,12H,3-9H2,1-2H3. The fraction of sp³-hybridized carbons (Fsp3) is 0.714. The Labute approximate surface area is 123 Å². The minimum atomic E-state index is 0.642. The molecule has 19 heavy (non-hydrogen) atoms. The summed E-state index contributed by atoms with van der Waals surface area (Å²) in [7, 11) is 0. The largest absolute Gasteiger partial charge is 0.478 e. The quantitative estimate of drug-likeness (QED) is 0.778. The lowest BCUT2D eigenvalue weighted by Gasteiger charge is -2.34. The summed E-state index contributed by atoms with van der Waals surface area (Å²) in [6.45, 7) is 6.85. The van der Waals surface area contributed by atoms with E-state index in [1.54, 1.807) is 6.33 Å². The Balaban J connectivity index is 2.14. The van der Waals surface area contributed by atoms with Crippen LogP contribution >= 0.6 is 15.9 Å².